The van der Waals surface area contributed by atoms with Crippen LogP contribution in [-0.4, -0.2) is 18.4 Å². The summed E-state index contributed by atoms with van der Waals surface area (Å²) in [4.78, 5) is 26.4. The normalized spacial score (nSPS) is 13.4. The van der Waals surface area contributed by atoms with Crippen molar-refractivity contribution < 1.29 is 18.7 Å². The van der Waals surface area contributed by atoms with Gasteiger partial charge in [0, 0.05) is 36.0 Å². The molecular weight excluding hydrogens is 383 g/mol. The van der Waals surface area contributed by atoms with Crippen molar-refractivity contribution in [1.82, 2.24) is 0 Å². The summed E-state index contributed by atoms with van der Waals surface area (Å²) >= 11 is 0. The number of amides is 2. The lowest BCUT2D eigenvalue weighted by Crippen LogP contribution is -2.24. The maximum absolute atomic E-state index is 13.3. The van der Waals surface area contributed by atoms with Gasteiger partial charge in [0.2, 0.25) is 5.91 Å². The Balaban J connectivity index is 1.42. The number of benzene rings is 3. The summed E-state index contributed by atoms with van der Waals surface area (Å²) in [5, 5.41) is 2.88. The minimum Gasteiger partial charge on any atom is -0.489 e. The summed E-state index contributed by atoms with van der Waals surface area (Å²) in [5.74, 6) is -0.0886. The van der Waals surface area contributed by atoms with Crippen LogP contribution in [0.2, 0.25) is 0 Å². The zero-order valence-corrected chi connectivity index (χ0v) is 16.3. The van der Waals surface area contributed by atoms with E-state index in [9.17, 15) is 14.0 Å². The van der Waals surface area contributed by atoms with Crippen LogP contribution in [0.3, 0.4) is 0 Å². The Kier molecular flexibility index (Phi) is 5.75. The fourth-order valence-corrected chi connectivity index (χ4v) is 3.40. The van der Waals surface area contributed by atoms with E-state index in [2.05, 4.69) is 5.32 Å². The van der Waals surface area contributed by atoms with E-state index in [-0.39, 0.29) is 24.2 Å². The minimum atomic E-state index is -0.355. The zero-order chi connectivity index (χ0) is 20.9. The molecule has 1 aliphatic heterocycles. The fraction of sp³-hybridized carbons (Fsp3) is 0.167. The topological polar surface area (TPSA) is 58.6 Å². The van der Waals surface area contributed by atoms with Crippen molar-refractivity contribution >= 4 is 23.2 Å². The smallest absolute Gasteiger partial charge is 0.255 e. The van der Waals surface area contributed by atoms with E-state index in [1.807, 2.05) is 24.3 Å². The van der Waals surface area contributed by atoms with Gasteiger partial charge in [-0.25, -0.2) is 4.39 Å². The molecule has 4 rings (SSSR count). The first-order chi connectivity index (χ1) is 14.6. The molecule has 6 heteroatoms. The molecule has 3 aromatic carbocycles. The molecule has 0 aliphatic carbocycles. The van der Waals surface area contributed by atoms with Crippen molar-refractivity contribution in [3.63, 3.8) is 0 Å². The third kappa shape index (κ3) is 4.66. The molecule has 0 radical (unpaired) electrons. The number of carbonyl (C=O) groups is 2. The van der Waals surface area contributed by atoms with E-state index < -0.39 is 0 Å². The monoisotopic (exact) mass is 404 g/mol. The molecule has 1 heterocycles. The Morgan fingerprint density at radius 1 is 1.03 bits per heavy atom. The molecule has 0 atom stereocenters. The van der Waals surface area contributed by atoms with Crippen LogP contribution in [-0.2, 0) is 11.4 Å². The number of nitrogens with one attached hydrogen (secondary N) is 1. The molecule has 1 saturated heterocycles. The lowest BCUT2D eigenvalue weighted by Gasteiger charge is -2.16. The average Bonchev–Trinajstić information content (AvgIpc) is 3.19. The Bertz CT molecular complexity index is 1080. The summed E-state index contributed by atoms with van der Waals surface area (Å²) in [6.45, 7) is 0.928. The Hall–Kier alpha value is -3.67. The summed E-state index contributed by atoms with van der Waals surface area (Å²) in [6.07, 6.45) is 1.38. The molecule has 1 aliphatic rings. The second-order valence-corrected chi connectivity index (χ2v) is 7.10. The van der Waals surface area contributed by atoms with Crippen LogP contribution in [0.4, 0.5) is 15.8 Å². The number of anilines is 2. The maximum Gasteiger partial charge on any atom is 0.255 e. The molecular formula is C24H21FN2O3. The summed E-state index contributed by atoms with van der Waals surface area (Å²) in [6, 6.07) is 20.3. The SMILES string of the molecule is O=C(Nc1cccc(COc2cccc(F)c2)c1)c1cccc(N2CCCC2=O)c1. The molecule has 1 N–H and O–H groups in total. The van der Waals surface area contributed by atoms with Gasteiger partial charge in [0.1, 0.15) is 18.2 Å². The van der Waals surface area contributed by atoms with Crippen LogP contribution < -0.4 is 15.0 Å². The lowest BCUT2D eigenvalue weighted by atomic mass is 10.1. The standard InChI is InChI=1S/C24H21FN2O3/c25-19-7-3-10-22(15-19)30-16-17-5-1-8-20(13-17)26-24(29)18-6-2-9-21(14-18)27-12-4-11-23(27)28/h1-3,5-10,13-15H,4,11-12,16H2,(H,26,29). The van der Waals surface area contributed by atoms with E-state index in [0.29, 0.717) is 30.0 Å². The summed E-state index contributed by atoms with van der Waals surface area (Å²) in [5.41, 5.74) is 2.69. The van der Waals surface area contributed by atoms with Gasteiger partial charge >= 0.3 is 0 Å². The summed E-state index contributed by atoms with van der Waals surface area (Å²) in [7, 11) is 0. The number of halogens is 1. The minimum absolute atomic E-state index is 0.0820. The molecule has 0 saturated carbocycles. The Morgan fingerprint density at radius 3 is 2.67 bits per heavy atom. The van der Waals surface area contributed by atoms with Crippen LogP contribution in [0.1, 0.15) is 28.8 Å². The number of nitrogens with zero attached hydrogens (tertiary/aromatic N) is 1. The summed E-state index contributed by atoms with van der Waals surface area (Å²) < 4.78 is 18.9. The first kappa shape index (κ1) is 19.6. The quantitative estimate of drug-likeness (QED) is 0.643. The molecule has 2 amide bonds. The van der Waals surface area contributed by atoms with Crippen LogP contribution >= 0.6 is 0 Å². The Morgan fingerprint density at radius 2 is 1.87 bits per heavy atom. The van der Waals surface area contributed by atoms with Gasteiger partial charge in [-0.2, -0.15) is 0 Å². The van der Waals surface area contributed by atoms with E-state index in [0.717, 1.165) is 17.7 Å². The molecule has 30 heavy (non-hydrogen) atoms. The lowest BCUT2D eigenvalue weighted by molar-refractivity contribution is -0.117. The first-order valence-electron chi connectivity index (χ1n) is 9.77. The van der Waals surface area contributed by atoms with Gasteiger partial charge in [-0.3, -0.25) is 9.59 Å². The van der Waals surface area contributed by atoms with Crippen LogP contribution in [0, 0.1) is 5.82 Å². The van der Waals surface area contributed by atoms with Gasteiger partial charge in [-0.15, -0.1) is 0 Å². The first-order valence-corrected chi connectivity index (χ1v) is 9.77. The molecule has 3 aromatic rings. The van der Waals surface area contributed by atoms with Crippen LogP contribution in [0.5, 0.6) is 5.75 Å². The number of ether oxygens (including phenoxy) is 1. The van der Waals surface area contributed by atoms with E-state index in [1.165, 1.54) is 12.1 Å². The number of hydrogen-bond donors (Lipinski definition) is 1. The van der Waals surface area contributed by atoms with E-state index in [4.69, 9.17) is 4.74 Å². The van der Waals surface area contributed by atoms with Crippen LogP contribution in [0.25, 0.3) is 0 Å². The predicted molar refractivity (Wildman–Crippen MR) is 113 cm³/mol. The maximum atomic E-state index is 13.3. The van der Waals surface area contributed by atoms with Gasteiger partial charge in [0.25, 0.3) is 5.91 Å². The van der Waals surface area contributed by atoms with Gasteiger partial charge in [0.15, 0.2) is 0 Å². The highest BCUT2D eigenvalue weighted by Gasteiger charge is 2.22. The fourth-order valence-electron chi connectivity index (χ4n) is 3.40. The van der Waals surface area contributed by atoms with Crippen molar-refractivity contribution in [2.24, 2.45) is 0 Å². The highest BCUT2D eigenvalue weighted by Crippen LogP contribution is 2.23. The molecule has 5 nitrogen and oxygen atoms in total. The number of carbonyl (C=O) groups excluding carboxylic acids is 2. The Labute approximate surface area is 174 Å². The van der Waals surface area contributed by atoms with Gasteiger partial charge in [-0.1, -0.05) is 24.3 Å². The van der Waals surface area contributed by atoms with Gasteiger partial charge < -0.3 is 15.0 Å². The van der Waals surface area contributed by atoms with Crippen molar-refractivity contribution in [3.8, 4) is 5.75 Å². The number of hydrogen-bond acceptors (Lipinski definition) is 3. The number of rotatable bonds is 6. The second-order valence-electron chi connectivity index (χ2n) is 7.10. The zero-order valence-electron chi connectivity index (χ0n) is 16.3. The molecule has 152 valence electrons. The third-order valence-electron chi connectivity index (χ3n) is 4.88. The van der Waals surface area contributed by atoms with Crippen molar-refractivity contribution in [2.75, 3.05) is 16.8 Å². The van der Waals surface area contributed by atoms with Crippen molar-refractivity contribution in [1.29, 1.82) is 0 Å². The molecule has 0 aromatic heterocycles. The molecule has 1 fully saturated rings. The highest BCUT2D eigenvalue weighted by molar-refractivity contribution is 6.05. The van der Waals surface area contributed by atoms with E-state index >= 15 is 0 Å². The van der Waals surface area contributed by atoms with Crippen molar-refractivity contribution in [2.45, 2.75) is 19.4 Å². The predicted octanol–water partition coefficient (Wildman–Crippen LogP) is 4.78. The van der Waals surface area contributed by atoms with Gasteiger partial charge in [0.05, 0.1) is 0 Å². The largest absolute Gasteiger partial charge is 0.489 e. The average molecular weight is 404 g/mol. The van der Waals surface area contributed by atoms with Gasteiger partial charge in [-0.05, 0) is 54.4 Å². The third-order valence-corrected chi connectivity index (χ3v) is 4.88. The highest BCUT2D eigenvalue weighted by atomic mass is 19.1. The second kappa shape index (κ2) is 8.78. The van der Waals surface area contributed by atoms with Crippen LogP contribution in [0.15, 0.2) is 72.8 Å². The van der Waals surface area contributed by atoms with E-state index in [1.54, 1.807) is 41.3 Å². The molecule has 0 spiro atoms. The molecule has 0 unspecified atom stereocenters. The van der Waals surface area contributed by atoms with Crippen molar-refractivity contribution in [3.05, 3.63) is 89.7 Å². The molecule has 0 bridgehead atoms.